The van der Waals surface area contributed by atoms with Gasteiger partial charge in [-0.3, -0.25) is 0 Å². The van der Waals surface area contributed by atoms with E-state index in [-0.39, 0.29) is 51.4 Å². The Morgan fingerprint density at radius 2 is 1.43 bits per heavy atom. The average Bonchev–Trinajstić information content (AvgIpc) is 1.72. The van der Waals surface area contributed by atoms with Crippen LogP contribution in [0.1, 0.15) is 34.1 Å². The quantitative estimate of drug-likeness (QED) is 0.333. The van der Waals surface area contributed by atoms with Crippen molar-refractivity contribution in [1.29, 1.82) is 0 Å². The molecule has 0 aliphatic carbocycles. The van der Waals surface area contributed by atoms with E-state index in [9.17, 15) is 0 Å². The van der Waals surface area contributed by atoms with Gasteiger partial charge in [-0.2, -0.15) is 13.3 Å². The summed E-state index contributed by atoms with van der Waals surface area (Å²) < 4.78 is 0. The molecule has 0 fully saturated rings. The van der Waals surface area contributed by atoms with Crippen molar-refractivity contribution < 1.29 is 51.4 Å². The van der Waals surface area contributed by atoms with E-state index in [0.717, 1.165) is 0 Å². The van der Waals surface area contributed by atoms with Gasteiger partial charge in [-0.15, -0.1) is 0 Å². The molecule has 0 aromatic rings. The van der Waals surface area contributed by atoms with Crippen LogP contribution in [0.2, 0.25) is 0 Å². The van der Waals surface area contributed by atoms with Crippen LogP contribution in [0.4, 0.5) is 0 Å². The van der Waals surface area contributed by atoms with Gasteiger partial charge in [0.2, 0.25) is 0 Å². The topological polar surface area (TPSA) is 0 Å². The third-order valence-electron chi connectivity index (χ3n) is 0.408. The molecule has 0 aromatic heterocycles. The van der Waals surface area contributed by atoms with Crippen LogP contribution in [0.5, 0.6) is 0 Å². The Morgan fingerprint density at radius 3 is 1.43 bits per heavy atom. The molecule has 7 heavy (non-hydrogen) atoms. The van der Waals surface area contributed by atoms with E-state index in [2.05, 4.69) is 20.3 Å². The Labute approximate surface area is 90.5 Å². The van der Waals surface area contributed by atoms with Gasteiger partial charge in [-0.1, -0.05) is 20.8 Å². The second kappa shape index (κ2) is 25.4. The van der Waals surface area contributed by atoms with E-state index >= 15 is 0 Å². The maximum atomic E-state index is 2.12. The Morgan fingerprint density at radius 1 is 1.29 bits per heavy atom. The van der Waals surface area contributed by atoms with Gasteiger partial charge in [0.15, 0.2) is 0 Å². The number of rotatable bonds is 1. The fourth-order valence-corrected chi connectivity index (χ4v) is 0. The molecule has 0 N–H and O–H groups in total. The molecule has 0 nitrogen and oxygen atoms in total. The van der Waals surface area contributed by atoms with Crippen molar-refractivity contribution in [2.75, 3.05) is 0 Å². The molecule has 0 rings (SSSR count). The second-order valence-corrected chi connectivity index (χ2v) is 0.816. The van der Waals surface area contributed by atoms with Gasteiger partial charge >= 0.3 is 51.4 Å². The summed E-state index contributed by atoms with van der Waals surface area (Å²) in [7, 11) is 0. The van der Waals surface area contributed by atoms with Gasteiger partial charge in [-0.05, 0) is 0 Å². The minimum atomic E-state index is 0. The number of unbranched alkanes of at least 4 members (excludes halogenated alkanes) is 1. The van der Waals surface area contributed by atoms with Crippen LogP contribution < -0.4 is 51.4 Å². The van der Waals surface area contributed by atoms with Gasteiger partial charge < -0.3 is 6.42 Å². The van der Waals surface area contributed by atoms with Crippen LogP contribution in [0, 0.1) is 6.42 Å². The molecule has 0 aromatic carbocycles. The zero-order chi connectivity index (χ0) is 5.41. The van der Waals surface area contributed by atoms with Crippen molar-refractivity contribution >= 4 is 0 Å². The summed E-state index contributed by atoms with van der Waals surface area (Å²) >= 11 is 0. The minimum Gasteiger partial charge on any atom is -0.332 e. The van der Waals surface area contributed by atoms with Crippen molar-refractivity contribution in [3.8, 4) is 0 Å². The zero-order valence-electron chi connectivity index (χ0n) is 6.28. The predicted molar refractivity (Wildman–Crippen MR) is 31.6 cm³/mol. The zero-order valence-corrected chi connectivity index (χ0v) is 9.41. The molecule has 40 valence electrons. The van der Waals surface area contributed by atoms with Crippen LogP contribution in [0.15, 0.2) is 0 Å². The third-order valence-corrected chi connectivity index (χ3v) is 0.408. The molecule has 0 bridgehead atoms. The molecule has 0 spiro atoms. The summed E-state index contributed by atoms with van der Waals surface area (Å²) in [5.74, 6) is 0. The first-order valence-corrected chi connectivity index (χ1v) is 2.69. The Hall–Kier alpha value is 1.64. The van der Waals surface area contributed by atoms with Crippen LogP contribution in [-0.4, -0.2) is 0 Å². The monoisotopic (exact) mass is 126 g/mol. The van der Waals surface area contributed by atoms with E-state index in [0.29, 0.717) is 0 Å². The molecule has 0 unspecified atom stereocenters. The van der Waals surface area contributed by atoms with E-state index in [1.807, 2.05) is 13.8 Å². The Kier molecular flexibility index (Phi) is 57.6. The van der Waals surface area contributed by atoms with Gasteiger partial charge in [0.25, 0.3) is 0 Å². The Bertz CT molecular complexity index is 6.14. The fraction of sp³-hybridized carbons (Fsp3) is 0.833. The summed E-state index contributed by atoms with van der Waals surface area (Å²) in [6.07, 6.45) is 3.32. The predicted octanol–water partition coefficient (Wildman–Crippen LogP) is -0.349. The number of hydrogen-bond donors (Lipinski definition) is 0. The van der Waals surface area contributed by atoms with E-state index in [1.165, 1.54) is 6.42 Å². The van der Waals surface area contributed by atoms with Gasteiger partial charge in [0.1, 0.15) is 0 Å². The van der Waals surface area contributed by atoms with Crippen LogP contribution in [0.3, 0.4) is 0 Å². The van der Waals surface area contributed by atoms with E-state index in [1.54, 1.807) is 0 Å². The molecule has 1 heteroatoms. The average molecular weight is 126 g/mol. The molecule has 0 saturated heterocycles. The fourth-order valence-electron chi connectivity index (χ4n) is 0. The van der Waals surface area contributed by atoms with E-state index in [4.69, 9.17) is 0 Å². The minimum absolute atomic E-state index is 0. The van der Waals surface area contributed by atoms with Crippen LogP contribution in [-0.2, 0) is 0 Å². The molecule has 0 radical (unpaired) electrons. The first-order valence-electron chi connectivity index (χ1n) is 2.69. The van der Waals surface area contributed by atoms with Gasteiger partial charge in [0.05, 0.1) is 0 Å². The smallest absolute Gasteiger partial charge is 0.332 e. The normalized spacial score (nSPS) is 5.14. The van der Waals surface area contributed by atoms with Crippen molar-refractivity contribution in [3.05, 3.63) is 6.42 Å². The molecule has 0 saturated carbocycles. The largest absolute Gasteiger partial charge is 1.00 e. The summed E-state index contributed by atoms with van der Waals surface area (Å²) in [6, 6.07) is 0. The van der Waals surface area contributed by atoms with Crippen molar-refractivity contribution in [3.63, 3.8) is 0 Å². The summed E-state index contributed by atoms with van der Waals surface area (Å²) in [6.45, 7) is 8.18. The maximum Gasteiger partial charge on any atom is 1.00 e. The molecule has 0 aliphatic rings. The molecule has 0 amide bonds. The number of hydrogen-bond acceptors (Lipinski definition) is 0. The molecular weight excluding hydrogens is 111 g/mol. The summed E-state index contributed by atoms with van der Waals surface area (Å²) in [5.41, 5.74) is 0. The van der Waals surface area contributed by atoms with Crippen molar-refractivity contribution in [1.82, 2.24) is 0 Å². The first-order chi connectivity index (χ1) is 2.91. The third kappa shape index (κ3) is 34.9. The first kappa shape index (κ1) is 15.9. The Balaban J connectivity index is -0.0000000480. The maximum absolute atomic E-state index is 2.12. The van der Waals surface area contributed by atoms with Gasteiger partial charge in [-0.25, -0.2) is 0 Å². The van der Waals surface area contributed by atoms with Gasteiger partial charge in [0, 0.05) is 0 Å². The van der Waals surface area contributed by atoms with Crippen LogP contribution in [0.25, 0.3) is 0 Å². The van der Waals surface area contributed by atoms with E-state index < -0.39 is 0 Å². The SMILES string of the molecule is CC.C[CH-]CC.[K+]. The molecular formula is C6H15K. The molecule has 0 atom stereocenters. The molecule has 0 aliphatic heterocycles. The summed E-state index contributed by atoms with van der Waals surface area (Å²) in [4.78, 5) is 0. The van der Waals surface area contributed by atoms with Crippen molar-refractivity contribution in [2.24, 2.45) is 0 Å². The standard InChI is InChI=1S/C4H9.C2H6.K/c1-3-4-2;1-2;/h3H,4H2,1-2H3;1-2H3;/q-1;;+1. The second-order valence-electron chi connectivity index (χ2n) is 0.816. The van der Waals surface area contributed by atoms with Crippen LogP contribution >= 0.6 is 0 Å². The summed E-state index contributed by atoms with van der Waals surface area (Å²) in [5, 5.41) is 0. The molecule has 0 heterocycles. The van der Waals surface area contributed by atoms with Crippen molar-refractivity contribution in [2.45, 2.75) is 34.1 Å².